The SMILES string of the molecule is CCCCCC(=O)/C=C/C=C\CCCCCCCC(=O)OC[C@H](O)COC(=O)CCCCCCCCCCC(C)CC. The molecule has 2 atom stereocenters. The molecule has 0 bridgehead atoms. The minimum Gasteiger partial charge on any atom is -0.463 e. The molecule has 0 aliphatic rings. The van der Waals surface area contributed by atoms with E-state index in [1.165, 1.54) is 44.9 Å². The topological polar surface area (TPSA) is 89.9 Å². The van der Waals surface area contributed by atoms with Crippen molar-refractivity contribution in [2.75, 3.05) is 13.2 Å². The monoisotopic (exact) mass is 592 g/mol. The zero-order valence-corrected chi connectivity index (χ0v) is 27.4. The zero-order chi connectivity index (χ0) is 31.1. The van der Waals surface area contributed by atoms with E-state index in [4.69, 9.17) is 9.47 Å². The molecule has 1 unspecified atom stereocenters. The maximum Gasteiger partial charge on any atom is 0.305 e. The molecule has 6 nitrogen and oxygen atoms in total. The third kappa shape index (κ3) is 29.5. The van der Waals surface area contributed by atoms with Crippen LogP contribution in [0.2, 0.25) is 0 Å². The van der Waals surface area contributed by atoms with E-state index >= 15 is 0 Å². The number of esters is 2. The van der Waals surface area contributed by atoms with E-state index in [0.717, 1.165) is 83.0 Å². The Hall–Kier alpha value is -1.95. The summed E-state index contributed by atoms with van der Waals surface area (Å²) in [7, 11) is 0. The minimum atomic E-state index is -0.986. The summed E-state index contributed by atoms with van der Waals surface area (Å²) in [5.41, 5.74) is 0. The van der Waals surface area contributed by atoms with Gasteiger partial charge in [0.25, 0.3) is 0 Å². The number of rotatable bonds is 30. The van der Waals surface area contributed by atoms with Gasteiger partial charge in [0.2, 0.25) is 0 Å². The van der Waals surface area contributed by atoms with Crippen LogP contribution in [-0.4, -0.2) is 42.1 Å². The highest BCUT2D eigenvalue weighted by Crippen LogP contribution is 2.15. The Bertz CT molecular complexity index is 714. The largest absolute Gasteiger partial charge is 0.463 e. The second-order valence-electron chi connectivity index (χ2n) is 11.9. The van der Waals surface area contributed by atoms with Crippen LogP contribution in [0.4, 0.5) is 0 Å². The Labute approximate surface area is 258 Å². The van der Waals surface area contributed by atoms with Gasteiger partial charge in [-0.1, -0.05) is 129 Å². The average molecular weight is 593 g/mol. The van der Waals surface area contributed by atoms with Crippen LogP contribution in [0.25, 0.3) is 0 Å². The second-order valence-corrected chi connectivity index (χ2v) is 11.9. The third-order valence-electron chi connectivity index (χ3n) is 7.71. The van der Waals surface area contributed by atoms with E-state index in [1.807, 2.05) is 12.2 Å². The molecule has 6 heteroatoms. The molecule has 0 spiro atoms. The van der Waals surface area contributed by atoms with Crippen LogP contribution in [-0.2, 0) is 23.9 Å². The van der Waals surface area contributed by atoms with Crippen LogP contribution in [0, 0.1) is 5.92 Å². The molecular formula is C36H64O6. The molecule has 0 aromatic carbocycles. The van der Waals surface area contributed by atoms with Crippen LogP contribution >= 0.6 is 0 Å². The Morgan fingerprint density at radius 1 is 0.643 bits per heavy atom. The van der Waals surface area contributed by atoms with Crippen molar-refractivity contribution >= 4 is 17.7 Å². The van der Waals surface area contributed by atoms with Gasteiger partial charge in [0.05, 0.1) is 0 Å². The zero-order valence-electron chi connectivity index (χ0n) is 27.4. The summed E-state index contributed by atoms with van der Waals surface area (Å²) in [6.07, 6.45) is 29.2. The number of hydrogen-bond acceptors (Lipinski definition) is 6. The van der Waals surface area contributed by atoms with Gasteiger partial charge in [0, 0.05) is 19.3 Å². The van der Waals surface area contributed by atoms with Crippen molar-refractivity contribution in [1.82, 2.24) is 0 Å². The van der Waals surface area contributed by atoms with Gasteiger partial charge in [-0.05, 0) is 44.1 Å². The summed E-state index contributed by atoms with van der Waals surface area (Å²) >= 11 is 0. The normalized spacial score (nSPS) is 13.0. The molecule has 0 saturated carbocycles. The first kappa shape index (κ1) is 40.1. The maximum absolute atomic E-state index is 11.9. The van der Waals surface area contributed by atoms with Gasteiger partial charge in [0.15, 0.2) is 5.78 Å². The molecule has 0 aliphatic heterocycles. The summed E-state index contributed by atoms with van der Waals surface area (Å²) in [5, 5.41) is 9.96. The lowest BCUT2D eigenvalue weighted by molar-refractivity contribution is -0.152. The van der Waals surface area contributed by atoms with Gasteiger partial charge >= 0.3 is 11.9 Å². The molecule has 0 fully saturated rings. The predicted molar refractivity (Wildman–Crippen MR) is 173 cm³/mol. The van der Waals surface area contributed by atoms with Crippen LogP contribution < -0.4 is 0 Å². The van der Waals surface area contributed by atoms with Crippen molar-refractivity contribution in [3.63, 3.8) is 0 Å². The standard InChI is InChI=1S/C36H64O6/c1-4-6-20-26-33(37)27-22-17-13-8-7-9-14-18-23-28-35(39)41-30-34(38)31-42-36(40)29-24-19-15-11-10-12-16-21-25-32(3)5-2/h13,17,22,27,32,34,38H,4-12,14-16,18-21,23-26,28-31H2,1-3H3/b17-13-,27-22+/t32?,34-/m0/s1. The summed E-state index contributed by atoms with van der Waals surface area (Å²) in [6.45, 7) is 6.44. The highest BCUT2D eigenvalue weighted by atomic mass is 16.6. The number of aliphatic hydroxyl groups excluding tert-OH is 1. The molecule has 0 heterocycles. The van der Waals surface area contributed by atoms with Crippen molar-refractivity contribution in [2.45, 2.75) is 168 Å². The first-order valence-electron chi connectivity index (χ1n) is 17.2. The Balaban J connectivity index is 3.54. The molecule has 0 rings (SSSR count). The minimum absolute atomic E-state index is 0.137. The molecular weight excluding hydrogens is 528 g/mol. The molecule has 244 valence electrons. The summed E-state index contributed by atoms with van der Waals surface area (Å²) in [6, 6.07) is 0. The van der Waals surface area contributed by atoms with Crippen molar-refractivity contribution < 1.29 is 29.0 Å². The van der Waals surface area contributed by atoms with Crippen LogP contribution in [0.5, 0.6) is 0 Å². The van der Waals surface area contributed by atoms with E-state index in [1.54, 1.807) is 6.08 Å². The summed E-state index contributed by atoms with van der Waals surface area (Å²) in [4.78, 5) is 35.4. The number of aliphatic hydroxyl groups is 1. The lowest BCUT2D eigenvalue weighted by Gasteiger charge is -2.12. The van der Waals surface area contributed by atoms with Gasteiger partial charge in [0.1, 0.15) is 19.3 Å². The second kappa shape index (κ2) is 30.5. The molecule has 0 aromatic rings. The van der Waals surface area contributed by atoms with Gasteiger partial charge in [-0.3, -0.25) is 14.4 Å². The summed E-state index contributed by atoms with van der Waals surface area (Å²) in [5.74, 6) is 0.426. The van der Waals surface area contributed by atoms with Crippen LogP contribution in [0.1, 0.15) is 162 Å². The molecule has 1 N–H and O–H groups in total. The summed E-state index contributed by atoms with van der Waals surface area (Å²) < 4.78 is 10.2. The van der Waals surface area contributed by atoms with Crippen molar-refractivity contribution in [3.8, 4) is 0 Å². The van der Waals surface area contributed by atoms with Crippen LogP contribution in [0.3, 0.4) is 0 Å². The van der Waals surface area contributed by atoms with Crippen molar-refractivity contribution in [3.05, 3.63) is 24.3 Å². The first-order chi connectivity index (χ1) is 20.4. The first-order valence-corrected chi connectivity index (χ1v) is 17.2. The maximum atomic E-state index is 11.9. The number of allylic oxidation sites excluding steroid dienone is 4. The van der Waals surface area contributed by atoms with E-state index in [0.29, 0.717) is 19.3 Å². The van der Waals surface area contributed by atoms with E-state index in [-0.39, 0.29) is 30.9 Å². The van der Waals surface area contributed by atoms with Crippen LogP contribution in [0.15, 0.2) is 24.3 Å². The van der Waals surface area contributed by atoms with Crippen molar-refractivity contribution in [2.24, 2.45) is 5.92 Å². The highest BCUT2D eigenvalue weighted by Gasteiger charge is 2.12. The number of unbranched alkanes of at least 4 members (excludes halogenated alkanes) is 14. The van der Waals surface area contributed by atoms with E-state index in [9.17, 15) is 19.5 Å². The van der Waals surface area contributed by atoms with Gasteiger partial charge in [-0.25, -0.2) is 0 Å². The lowest BCUT2D eigenvalue weighted by Crippen LogP contribution is -2.25. The quantitative estimate of drug-likeness (QED) is 0.0387. The van der Waals surface area contributed by atoms with Gasteiger partial charge in [-0.15, -0.1) is 0 Å². The number of carbonyl (C=O) groups is 3. The van der Waals surface area contributed by atoms with E-state index in [2.05, 4.69) is 26.8 Å². The smallest absolute Gasteiger partial charge is 0.305 e. The Kier molecular flexibility index (Phi) is 29.1. The van der Waals surface area contributed by atoms with Crippen molar-refractivity contribution in [1.29, 1.82) is 0 Å². The van der Waals surface area contributed by atoms with Gasteiger partial charge < -0.3 is 14.6 Å². The number of carbonyl (C=O) groups excluding carboxylic acids is 3. The number of ketones is 1. The van der Waals surface area contributed by atoms with E-state index < -0.39 is 6.10 Å². The predicted octanol–water partition coefficient (Wildman–Crippen LogP) is 9.37. The fourth-order valence-corrected chi connectivity index (χ4v) is 4.63. The molecule has 0 saturated heterocycles. The fourth-order valence-electron chi connectivity index (χ4n) is 4.63. The lowest BCUT2D eigenvalue weighted by atomic mass is 9.99. The fraction of sp³-hybridized carbons (Fsp3) is 0.806. The van der Waals surface area contributed by atoms with Gasteiger partial charge in [-0.2, -0.15) is 0 Å². The highest BCUT2D eigenvalue weighted by molar-refractivity contribution is 5.89. The molecule has 0 radical (unpaired) electrons. The Morgan fingerprint density at radius 2 is 1.14 bits per heavy atom. The molecule has 0 amide bonds. The Morgan fingerprint density at radius 3 is 1.69 bits per heavy atom. The number of hydrogen-bond donors (Lipinski definition) is 1. The molecule has 0 aromatic heterocycles. The average Bonchev–Trinajstić information content (AvgIpc) is 2.98. The number of ether oxygens (including phenoxy) is 2. The molecule has 0 aliphatic carbocycles. The third-order valence-corrected chi connectivity index (χ3v) is 7.71. The molecule has 42 heavy (non-hydrogen) atoms.